The summed E-state index contributed by atoms with van der Waals surface area (Å²) in [6, 6.07) is 1.68. The molecule has 0 amide bonds. The Morgan fingerprint density at radius 3 is 2.50 bits per heavy atom. The van der Waals surface area contributed by atoms with Crippen LogP contribution >= 0.6 is 0 Å². The monoisotopic (exact) mass is 194 g/mol. The standard InChI is InChI=1S/C12H22N2/c1-8(14-6-12(2,3)7-14)11-9-4-10(11)13-5-9/h8-11,13H,4-7H2,1-3H3. The van der Waals surface area contributed by atoms with Gasteiger partial charge in [0.15, 0.2) is 0 Å². The molecule has 4 fully saturated rings. The average molecular weight is 194 g/mol. The Morgan fingerprint density at radius 2 is 2.07 bits per heavy atom. The van der Waals surface area contributed by atoms with Crippen molar-refractivity contribution in [2.45, 2.75) is 39.3 Å². The smallest absolute Gasteiger partial charge is 0.0117 e. The Morgan fingerprint density at radius 1 is 1.36 bits per heavy atom. The quantitative estimate of drug-likeness (QED) is 0.713. The predicted molar refractivity (Wildman–Crippen MR) is 58.2 cm³/mol. The van der Waals surface area contributed by atoms with Crippen LogP contribution in [0.15, 0.2) is 0 Å². The lowest BCUT2D eigenvalue weighted by molar-refractivity contribution is -0.0442. The fourth-order valence-corrected chi connectivity index (χ4v) is 3.83. The lowest BCUT2D eigenvalue weighted by Crippen LogP contribution is -2.61. The second-order valence-corrected chi connectivity index (χ2v) is 6.40. The topological polar surface area (TPSA) is 15.3 Å². The Kier molecular flexibility index (Phi) is 1.79. The molecule has 1 N–H and O–H groups in total. The summed E-state index contributed by atoms with van der Waals surface area (Å²) in [5, 5.41) is 3.62. The zero-order chi connectivity index (χ0) is 9.92. The molecule has 3 heterocycles. The van der Waals surface area contributed by atoms with Crippen LogP contribution < -0.4 is 5.32 Å². The van der Waals surface area contributed by atoms with E-state index in [1.807, 2.05) is 0 Å². The van der Waals surface area contributed by atoms with Gasteiger partial charge in [0.25, 0.3) is 0 Å². The number of nitrogens with zero attached hydrogens (tertiary/aromatic N) is 1. The minimum absolute atomic E-state index is 0.588. The van der Waals surface area contributed by atoms with Crippen LogP contribution in [0.25, 0.3) is 0 Å². The molecule has 2 nitrogen and oxygen atoms in total. The van der Waals surface area contributed by atoms with Crippen LogP contribution in [0, 0.1) is 17.3 Å². The van der Waals surface area contributed by atoms with E-state index in [4.69, 9.17) is 0 Å². The fraction of sp³-hybridized carbons (Fsp3) is 1.00. The highest BCUT2D eigenvalue weighted by Gasteiger charge is 2.52. The first kappa shape index (κ1) is 9.17. The molecule has 0 radical (unpaired) electrons. The van der Waals surface area contributed by atoms with E-state index in [1.54, 1.807) is 0 Å². The van der Waals surface area contributed by atoms with E-state index in [2.05, 4.69) is 31.0 Å². The summed E-state index contributed by atoms with van der Waals surface area (Å²) >= 11 is 0. The van der Waals surface area contributed by atoms with E-state index in [-0.39, 0.29) is 0 Å². The van der Waals surface area contributed by atoms with Gasteiger partial charge < -0.3 is 5.32 Å². The molecule has 4 rings (SSSR count). The Labute approximate surface area is 87.0 Å². The molecule has 0 aromatic rings. The molecular formula is C12H22N2. The molecule has 1 aliphatic carbocycles. The maximum atomic E-state index is 3.62. The van der Waals surface area contributed by atoms with E-state index < -0.39 is 0 Å². The second kappa shape index (κ2) is 2.73. The molecule has 0 aromatic heterocycles. The summed E-state index contributed by atoms with van der Waals surface area (Å²) in [4.78, 5) is 2.68. The van der Waals surface area contributed by atoms with Crippen LogP contribution in [0.2, 0.25) is 0 Å². The van der Waals surface area contributed by atoms with Gasteiger partial charge in [-0.3, -0.25) is 4.90 Å². The molecule has 3 saturated heterocycles. The summed E-state index contributed by atoms with van der Waals surface area (Å²) in [6.07, 6.45) is 1.45. The Balaban J connectivity index is 1.59. The molecule has 14 heavy (non-hydrogen) atoms. The van der Waals surface area contributed by atoms with Crippen molar-refractivity contribution in [2.75, 3.05) is 19.6 Å². The van der Waals surface area contributed by atoms with Crippen molar-refractivity contribution >= 4 is 0 Å². The zero-order valence-electron chi connectivity index (χ0n) is 9.59. The van der Waals surface area contributed by atoms with Crippen LogP contribution in [-0.4, -0.2) is 36.6 Å². The minimum atomic E-state index is 0.588. The number of nitrogens with one attached hydrogen (secondary N) is 1. The molecule has 0 aromatic carbocycles. The van der Waals surface area contributed by atoms with Crippen LogP contribution in [0.4, 0.5) is 0 Å². The molecule has 3 aliphatic heterocycles. The average Bonchev–Trinajstić information content (AvgIpc) is 2.58. The maximum absolute atomic E-state index is 3.62. The summed E-state index contributed by atoms with van der Waals surface area (Å²) in [7, 11) is 0. The lowest BCUT2D eigenvalue weighted by atomic mass is 9.68. The Hall–Kier alpha value is -0.0800. The first-order chi connectivity index (χ1) is 6.57. The van der Waals surface area contributed by atoms with E-state index in [1.165, 1.54) is 26.1 Å². The number of fused-ring (bicyclic) bond motifs is 1. The van der Waals surface area contributed by atoms with Crippen LogP contribution in [0.1, 0.15) is 27.2 Å². The van der Waals surface area contributed by atoms with Crippen molar-refractivity contribution < 1.29 is 0 Å². The van der Waals surface area contributed by atoms with Crippen molar-refractivity contribution in [1.82, 2.24) is 10.2 Å². The Bertz CT molecular complexity index is 227. The highest BCUT2D eigenvalue weighted by molar-refractivity contribution is 5.07. The number of rotatable bonds is 2. The van der Waals surface area contributed by atoms with Gasteiger partial charge in [0.1, 0.15) is 0 Å². The predicted octanol–water partition coefficient (Wildman–Crippen LogP) is 1.32. The van der Waals surface area contributed by atoms with Crippen LogP contribution in [-0.2, 0) is 0 Å². The first-order valence-electron chi connectivity index (χ1n) is 6.04. The van der Waals surface area contributed by atoms with Crippen LogP contribution in [0.5, 0.6) is 0 Å². The zero-order valence-corrected chi connectivity index (χ0v) is 9.59. The third-order valence-electron chi connectivity index (χ3n) is 4.60. The summed E-state index contributed by atoms with van der Waals surface area (Å²) in [5.41, 5.74) is 0.588. The molecule has 1 saturated carbocycles. The van der Waals surface area contributed by atoms with Crippen molar-refractivity contribution in [3.63, 3.8) is 0 Å². The summed E-state index contributed by atoms with van der Waals surface area (Å²) in [5.74, 6) is 1.96. The third kappa shape index (κ3) is 1.17. The highest BCUT2D eigenvalue weighted by Crippen LogP contribution is 2.45. The van der Waals surface area contributed by atoms with E-state index >= 15 is 0 Å². The van der Waals surface area contributed by atoms with Gasteiger partial charge in [0, 0.05) is 25.2 Å². The van der Waals surface area contributed by atoms with E-state index in [0.717, 1.165) is 23.9 Å². The minimum Gasteiger partial charge on any atom is -0.313 e. The molecule has 4 unspecified atom stereocenters. The van der Waals surface area contributed by atoms with Gasteiger partial charge in [-0.1, -0.05) is 13.8 Å². The largest absolute Gasteiger partial charge is 0.313 e. The van der Waals surface area contributed by atoms with Gasteiger partial charge in [0.05, 0.1) is 0 Å². The maximum Gasteiger partial charge on any atom is 0.0117 e. The number of hydrogen-bond donors (Lipinski definition) is 1. The highest BCUT2D eigenvalue weighted by atomic mass is 15.2. The third-order valence-corrected chi connectivity index (χ3v) is 4.60. The molecule has 2 heteroatoms. The normalized spacial score (nSPS) is 46.9. The molecule has 0 spiro atoms. The second-order valence-electron chi connectivity index (χ2n) is 6.40. The summed E-state index contributed by atoms with van der Waals surface area (Å²) in [6.45, 7) is 11.1. The van der Waals surface area contributed by atoms with Gasteiger partial charge in [-0.05, 0) is 37.1 Å². The van der Waals surface area contributed by atoms with Gasteiger partial charge in [-0.2, -0.15) is 0 Å². The number of hydrogen-bond acceptors (Lipinski definition) is 2. The SMILES string of the molecule is CC(C1C2CNC1C2)N1CC(C)(C)C1. The van der Waals surface area contributed by atoms with Crippen molar-refractivity contribution in [2.24, 2.45) is 17.3 Å². The van der Waals surface area contributed by atoms with Gasteiger partial charge in [-0.25, -0.2) is 0 Å². The van der Waals surface area contributed by atoms with E-state index in [0.29, 0.717) is 5.41 Å². The molecule has 2 bridgehead atoms. The molecule has 4 atom stereocenters. The van der Waals surface area contributed by atoms with Crippen LogP contribution in [0.3, 0.4) is 0 Å². The summed E-state index contributed by atoms with van der Waals surface area (Å²) < 4.78 is 0. The fourth-order valence-electron chi connectivity index (χ4n) is 3.83. The van der Waals surface area contributed by atoms with Gasteiger partial charge >= 0.3 is 0 Å². The van der Waals surface area contributed by atoms with Crippen molar-refractivity contribution in [1.29, 1.82) is 0 Å². The van der Waals surface area contributed by atoms with Crippen molar-refractivity contribution in [3.8, 4) is 0 Å². The first-order valence-corrected chi connectivity index (χ1v) is 6.04. The lowest BCUT2D eigenvalue weighted by Gasteiger charge is -2.54. The molecular weight excluding hydrogens is 172 g/mol. The van der Waals surface area contributed by atoms with Crippen molar-refractivity contribution in [3.05, 3.63) is 0 Å². The van der Waals surface area contributed by atoms with Gasteiger partial charge in [0.2, 0.25) is 0 Å². The van der Waals surface area contributed by atoms with E-state index in [9.17, 15) is 0 Å². The number of likely N-dealkylation sites (tertiary alicyclic amines) is 1. The molecule has 4 aliphatic rings. The van der Waals surface area contributed by atoms with Gasteiger partial charge in [-0.15, -0.1) is 0 Å². The molecule has 80 valence electrons.